The summed E-state index contributed by atoms with van der Waals surface area (Å²) in [6.45, 7) is 9.64. The molecule has 0 bridgehead atoms. The van der Waals surface area contributed by atoms with E-state index in [0.717, 1.165) is 29.4 Å². The van der Waals surface area contributed by atoms with Crippen molar-refractivity contribution in [1.82, 2.24) is 15.6 Å². The summed E-state index contributed by atoms with van der Waals surface area (Å²) in [5, 5.41) is 6.67. The van der Waals surface area contributed by atoms with Crippen LogP contribution in [0.25, 0.3) is 0 Å². The molecule has 2 N–H and O–H groups in total. The zero-order chi connectivity index (χ0) is 18.9. The van der Waals surface area contributed by atoms with Gasteiger partial charge < -0.3 is 15.4 Å². The standard InChI is InChI=1S/C21H30N4O.HI/c1-6-17(4)26-20-12-15(2)9-10-18(20)13-24-21(22-5)25-14-19-16(3)8-7-11-23-19;/h7-12,17H,6,13-14H2,1-5H3,(H2,22,24,25);1H. The van der Waals surface area contributed by atoms with Crippen molar-refractivity contribution in [2.24, 2.45) is 4.99 Å². The number of halogens is 1. The number of guanidine groups is 1. The zero-order valence-corrected chi connectivity index (χ0v) is 19.2. The van der Waals surface area contributed by atoms with Crippen molar-refractivity contribution < 1.29 is 4.74 Å². The van der Waals surface area contributed by atoms with E-state index in [1.165, 1.54) is 11.1 Å². The first-order valence-corrected chi connectivity index (χ1v) is 9.14. The molecule has 0 aliphatic carbocycles. The largest absolute Gasteiger partial charge is 0.490 e. The van der Waals surface area contributed by atoms with E-state index in [1.54, 1.807) is 7.05 Å². The molecule has 2 rings (SSSR count). The topological polar surface area (TPSA) is 58.5 Å². The second-order valence-electron chi connectivity index (χ2n) is 6.49. The number of benzene rings is 1. The van der Waals surface area contributed by atoms with Crippen molar-refractivity contribution in [2.45, 2.75) is 53.3 Å². The van der Waals surface area contributed by atoms with E-state index in [1.807, 2.05) is 12.3 Å². The fraction of sp³-hybridized carbons (Fsp3) is 0.429. The fourth-order valence-corrected chi connectivity index (χ4v) is 2.49. The molecule has 0 radical (unpaired) electrons. The Balaban J connectivity index is 0.00000364. The molecular weight excluding hydrogens is 451 g/mol. The maximum absolute atomic E-state index is 6.08. The second-order valence-corrected chi connectivity index (χ2v) is 6.49. The molecule has 0 saturated carbocycles. The number of ether oxygens (including phenoxy) is 1. The Morgan fingerprint density at radius 2 is 1.93 bits per heavy atom. The highest BCUT2D eigenvalue weighted by atomic mass is 127. The third-order valence-electron chi connectivity index (χ3n) is 4.34. The van der Waals surface area contributed by atoms with Crippen LogP contribution in [0.5, 0.6) is 5.75 Å². The van der Waals surface area contributed by atoms with Gasteiger partial charge in [0, 0.05) is 25.4 Å². The highest BCUT2D eigenvalue weighted by molar-refractivity contribution is 14.0. The third kappa shape index (κ3) is 7.36. The normalized spacial score (nSPS) is 12.1. The van der Waals surface area contributed by atoms with Crippen molar-refractivity contribution in [3.8, 4) is 5.75 Å². The average molecular weight is 482 g/mol. The molecule has 0 aliphatic rings. The molecule has 1 unspecified atom stereocenters. The SMILES string of the molecule is CCC(C)Oc1cc(C)ccc1CNC(=NC)NCc1ncccc1C.I. The number of nitrogens with zero attached hydrogens (tertiary/aromatic N) is 2. The molecule has 1 heterocycles. The number of aromatic nitrogens is 1. The summed E-state index contributed by atoms with van der Waals surface area (Å²) in [4.78, 5) is 8.70. The van der Waals surface area contributed by atoms with Crippen LogP contribution < -0.4 is 15.4 Å². The Morgan fingerprint density at radius 1 is 1.19 bits per heavy atom. The van der Waals surface area contributed by atoms with Crippen LogP contribution in [0.15, 0.2) is 41.5 Å². The molecule has 0 aliphatic heterocycles. The van der Waals surface area contributed by atoms with Gasteiger partial charge in [0.15, 0.2) is 5.96 Å². The van der Waals surface area contributed by atoms with Crippen LogP contribution in [-0.4, -0.2) is 24.1 Å². The van der Waals surface area contributed by atoms with E-state index in [2.05, 4.69) is 72.6 Å². The van der Waals surface area contributed by atoms with Gasteiger partial charge in [-0.2, -0.15) is 0 Å². The van der Waals surface area contributed by atoms with Crippen LogP contribution in [0.4, 0.5) is 0 Å². The number of hydrogen-bond donors (Lipinski definition) is 2. The van der Waals surface area contributed by atoms with Crippen molar-refractivity contribution in [3.05, 3.63) is 58.9 Å². The molecule has 0 amide bonds. The highest BCUT2D eigenvalue weighted by Gasteiger charge is 2.09. The molecular formula is C21H31IN4O. The number of hydrogen-bond acceptors (Lipinski definition) is 3. The molecule has 0 fully saturated rings. The molecule has 6 heteroatoms. The lowest BCUT2D eigenvalue weighted by molar-refractivity contribution is 0.215. The van der Waals surface area contributed by atoms with Crippen LogP contribution in [0.2, 0.25) is 0 Å². The summed E-state index contributed by atoms with van der Waals surface area (Å²) in [6.07, 6.45) is 2.98. The predicted molar refractivity (Wildman–Crippen MR) is 123 cm³/mol. The van der Waals surface area contributed by atoms with Gasteiger partial charge in [0.25, 0.3) is 0 Å². The van der Waals surface area contributed by atoms with Crippen molar-refractivity contribution in [1.29, 1.82) is 0 Å². The lowest BCUT2D eigenvalue weighted by Gasteiger charge is -2.18. The van der Waals surface area contributed by atoms with Gasteiger partial charge in [-0.25, -0.2) is 0 Å². The molecule has 148 valence electrons. The van der Waals surface area contributed by atoms with Gasteiger partial charge in [0.05, 0.1) is 18.3 Å². The van der Waals surface area contributed by atoms with Gasteiger partial charge in [0.1, 0.15) is 5.75 Å². The molecule has 5 nitrogen and oxygen atoms in total. The molecule has 0 saturated heterocycles. The van der Waals surface area contributed by atoms with E-state index >= 15 is 0 Å². The first-order chi connectivity index (χ1) is 12.5. The van der Waals surface area contributed by atoms with Crippen molar-refractivity contribution in [3.63, 3.8) is 0 Å². The summed E-state index contributed by atoms with van der Waals surface area (Å²) in [5.41, 5.74) is 4.50. The smallest absolute Gasteiger partial charge is 0.191 e. The number of pyridine rings is 1. The average Bonchev–Trinajstić information content (AvgIpc) is 2.64. The van der Waals surface area contributed by atoms with Gasteiger partial charge in [-0.05, 0) is 50.5 Å². The van der Waals surface area contributed by atoms with Gasteiger partial charge in [-0.1, -0.05) is 25.1 Å². The monoisotopic (exact) mass is 482 g/mol. The summed E-state index contributed by atoms with van der Waals surface area (Å²) in [7, 11) is 1.77. The molecule has 27 heavy (non-hydrogen) atoms. The van der Waals surface area contributed by atoms with Crippen LogP contribution in [-0.2, 0) is 13.1 Å². The van der Waals surface area contributed by atoms with Crippen LogP contribution in [0.1, 0.15) is 42.7 Å². The first kappa shape index (κ1) is 23.2. The molecule has 1 aromatic heterocycles. The number of aliphatic imine (C=N–C) groups is 1. The quantitative estimate of drug-likeness (QED) is 0.350. The van der Waals surface area contributed by atoms with E-state index in [4.69, 9.17) is 4.74 Å². The number of nitrogens with one attached hydrogen (secondary N) is 2. The van der Waals surface area contributed by atoms with Gasteiger partial charge in [-0.15, -0.1) is 24.0 Å². The Morgan fingerprint density at radius 3 is 2.59 bits per heavy atom. The van der Waals surface area contributed by atoms with E-state index in [0.29, 0.717) is 13.1 Å². The first-order valence-electron chi connectivity index (χ1n) is 9.14. The number of rotatable bonds is 7. The molecule has 0 spiro atoms. The van der Waals surface area contributed by atoms with Crippen LogP contribution in [0, 0.1) is 13.8 Å². The fourth-order valence-electron chi connectivity index (χ4n) is 2.49. The maximum Gasteiger partial charge on any atom is 0.191 e. The Kier molecular flexibility index (Phi) is 10.1. The van der Waals surface area contributed by atoms with Gasteiger partial charge in [-0.3, -0.25) is 9.98 Å². The second kappa shape index (κ2) is 11.8. The summed E-state index contributed by atoms with van der Waals surface area (Å²) in [5.74, 6) is 1.67. The Labute approximate surface area is 180 Å². The highest BCUT2D eigenvalue weighted by Crippen LogP contribution is 2.22. The molecule has 1 aromatic carbocycles. The predicted octanol–water partition coefficient (Wildman–Crippen LogP) is 4.36. The molecule has 1 atom stereocenters. The minimum Gasteiger partial charge on any atom is -0.490 e. The van der Waals surface area contributed by atoms with Crippen molar-refractivity contribution >= 4 is 29.9 Å². The van der Waals surface area contributed by atoms with E-state index < -0.39 is 0 Å². The third-order valence-corrected chi connectivity index (χ3v) is 4.34. The summed E-state index contributed by atoms with van der Waals surface area (Å²) in [6, 6.07) is 10.3. The van der Waals surface area contributed by atoms with Gasteiger partial charge in [0.2, 0.25) is 0 Å². The van der Waals surface area contributed by atoms with E-state index in [-0.39, 0.29) is 30.1 Å². The Bertz CT molecular complexity index is 749. The molecule has 2 aromatic rings. The summed E-state index contributed by atoms with van der Waals surface area (Å²) >= 11 is 0. The van der Waals surface area contributed by atoms with Crippen LogP contribution in [0.3, 0.4) is 0 Å². The summed E-state index contributed by atoms with van der Waals surface area (Å²) < 4.78 is 6.08. The minimum atomic E-state index is 0. The van der Waals surface area contributed by atoms with Crippen LogP contribution >= 0.6 is 24.0 Å². The zero-order valence-electron chi connectivity index (χ0n) is 16.9. The van der Waals surface area contributed by atoms with E-state index in [9.17, 15) is 0 Å². The lowest BCUT2D eigenvalue weighted by atomic mass is 10.1. The lowest BCUT2D eigenvalue weighted by Crippen LogP contribution is -2.36. The van der Waals surface area contributed by atoms with Crippen molar-refractivity contribution in [2.75, 3.05) is 7.05 Å². The number of aryl methyl sites for hydroxylation is 2. The minimum absolute atomic E-state index is 0. The maximum atomic E-state index is 6.08. The Hall–Kier alpha value is -1.83. The van der Waals surface area contributed by atoms with Gasteiger partial charge >= 0.3 is 0 Å².